The van der Waals surface area contributed by atoms with Crippen molar-refractivity contribution in [2.24, 2.45) is 0 Å². The van der Waals surface area contributed by atoms with Gasteiger partial charge in [-0.1, -0.05) is 5.92 Å². The summed E-state index contributed by atoms with van der Waals surface area (Å²) >= 11 is 5.30. The van der Waals surface area contributed by atoms with E-state index in [-0.39, 0.29) is 12.5 Å². The molecule has 0 heterocycles. The molecular weight excluding hydrogens is 152 g/mol. The zero-order valence-corrected chi connectivity index (χ0v) is 6.69. The number of hydrogen-bond acceptors (Lipinski definition) is 2. The van der Waals surface area contributed by atoms with Crippen LogP contribution in [0.25, 0.3) is 0 Å². The zero-order chi connectivity index (χ0) is 7.82. The highest BCUT2D eigenvalue weighted by molar-refractivity contribution is 6.18. The van der Waals surface area contributed by atoms with Crippen LogP contribution in [0.5, 0.6) is 0 Å². The van der Waals surface area contributed by atoms with Crippen LogP contribution in [0, 0.1) is 11.8 Å². The molecule has 0 aliphatic rings. The van der Waals surface area contributed by atoms with Gasteiger partial charge in [-0.15, -0.1) is 17.5 Å². The lowest BCUT2D eigenvalue weighted by Crippen LogP contribution is -2.16. The van der Waals surface area contributed by atoms with Crippen molar-refractivity contribution in [2.45, 2.75) is 13.0 Å². The molecule has 0 saturated carbocycles. The van der Waals surface area contributed by atoms with Crippen molar-refractivity contribution in [1.82, 2.24) is 0 Å². The molecule has 0 amide bonds. The van der Waals surface area contributed by atoms with Crippen molar-refractivity contribution in [1.29, 1.82) is 0 Å². The van der Waals surface area contributed by atoms with Crippen LogP contribution in [-0.4, -0.2) is 30.3 Å². The predicted octanol–water partition coefficient (Wildman–Crippen LogP) is 0.626. The van der Waals surface area contributed by atoms with Crippen molar-refractivity contribution in [3.8, 4) is 11.8 Å². The van der Waals surface area contributed by atoms with Crippen LogP contribution in [0.3, 0.4) is 0 Å². The minimum Gasteiger partial charge on any atom is -0.389 e. The molecule has 0 aromatic rings. The number of halogens is 1. The van der Waals surface area contributed by atoms with Gasteiger partial charge < -0.3 is 9.84 Å². The first kappa shape index (κ1) is 9.77. The second-order valence-corrected chi connectivity index (χ2v) is 2.06. The SMILES string of the molecule is CC#CCOC[C@H](O)CCl. The Labute approximate surface area is 66.1 Å². The van der Waals surface area contributed by atoms with Crippen LogP contribution in [-0.2, 0) is 4.74 Å². The molecule has 58 valence electrons. The van der Waals surface area contributed by atoms with Crippen LogP contribution in [0.4, 0.5) is 0 Å². The number of hydrogen-bond donors (Lipinski definition) is 1. The van der Waals surface area contributed by atoms with Gasteiger partial charge in [0.25, 0.3) is 0 Å². The van der Waals surface area contributed by atoms with E-state index in [4.69, 9.17) is 21.4 Å². The maximum absolute atomic E-state index is 8.85. The van der Waals surface area contributed by atoms with Crippen LogP contribution >= 0.6 is 11.6 Å². The fraction of sp³-hybridized carbons (Fsp3) is 0.714. The number of aliphatic hydroxyl groups excluding tert-OH is 1. The van der Waals surface area contributed by atoms with Crippen molar-refractivity contribution in [2.75, 3.05) is 19.1 Å². The fourth-order valence-corrected chi connectivity index (χ4v) is 0.452. The summed E-state index contributed by atoms with van der Waals surface area (Å²) < 4.78 is 4.92. The largest absolute Gasteiger partial charge is 0.389 e. The molecule has 0 saturated heterocycles. The van der Waals surface area contributed by atoms with Gasteiger partial charge in [0.2, 0.25) is 0 Å². The second kappa shape index (κ2) is 6.88. The van der Waals surface area contributed by atoms with Gasteiger partial charge in [0.1, 0.15) is 6.61 Å². The summed E-state index contributed by atoms with van der Waals surface area (Å²) in [6.45, 7) is 2.37. The maximum Gasteiger partial charge on any atom is 0.107 e. The van der Waals surface area contributed by atoms with Gasteiger partial charge in [-0.3, -0.25) is 0 Å². The lowest BCUT2D eigenvalue weighted by atomic mass is 10.4. The Morgan fingerprint density at radius 3 is 2.90 bits per heavy atom. The number of ether oxygens (including phenoxy) is 1. The molecular formula is C7H11ClO2. The standard InChI is InChI=1S/C7H11ClO2/c1-2-3-4-10-6-7(9)5-8/h7,9H,4-6H2,1H3/t7-/m1/s1. The third-order valence-corrected chi connectivity index (χ3v) is 1.20. The van der Waals surface area contributed by atoms with Gasteiger partial charge >= 0.3 is 0 Å². The predicted molar refractivity (Wildman–Crippen MR) is 41.0 cm³/mol. The Morgan fingerprint density at radius 2 is 2.40 bits per heavy atom. The fourth-order valence-electron chi connectivity index (χ4n) is 0.363. The normalized spacial score (nSPS) is 11.9. The van der Waals surface area contributed by atoms with Gasteiger partial charge in [0, 0.05) is 0 Å². The average molecular weight is 163 g/mol. The van der Waals surface area contributed by atoms with Crippen molar-refractivity contribution >= 4 is 11.6 Å². The zero-order valence-electron chi connectivity index (χ0n) is 5.93. The van der Waals surface area contributed by atoms with E-state index in [0.29, 0.717) is 6.61 Å². The molecule has 1 atom stereocenters. The second-order valence-electron chi connectivity index (χ2n) is 1.75. The number of rotatable bonds is 4. The quantitative estimate of drug-likeness (QED) is 0.373. The topological polar surface area (TPSA) is 29.5 Å². The highest BCUT2D eigenvalue weighted by Crippen LogP contribution is 1.87. The summed E-state index contributed by atoms with van der Waals surface area (Å²) in [5.41, 5.74) is 0. The molecule has 0 aliphatic carbocycles. The minimum absolute atomic E-state index is 0.208. The molecule has 0 fully saturated rings. The highest BCUT2D eigenvalue weighted by atomic mass is 35.5. The number of aliphatic hydroxyl groups is 1. The average Bonchev–Trinajstić information content (AvgIpc) is 1.98. The maximum atomic E-state index is 8.85. The molecule has 0 rings (SSSR count). The first-order chi connectivity index (χ1) is 4.81. The summed E-state index contributed by atoms with van der Waals surface area (Å²) in [6.07, 6.45) is -0.569. The van der Waals surface area contributed by atoms with Gasteiger partial charge in [0.05, 0.1) is 18.6 Å². The van der Waals surface area contributed by atoms with E-state index in [1.165, 1.54) is 0 Å². The molecule has 0 aromatic heterocycles. The summed E-state index contributed by atoms with van der Waals surface area (Å²) in [5, 5.41) is 8.85. The van der Waals surface area contributed by atoms with Crippen molar-refractivity contribution in [3.63, 3.8) is 0 Å². The molecule has 0 aliphatic heterocycles. The van der Waals surface area contributed by atoms with E-state index in [0.717, 1.165) is 0 Å². The smallest absolute Gasteiger partial charge is 0.107 e. The van der Waals surface area contributed by atoms with Gasteiger partial charge in [-0.25, -0.2) is 0 Å². The number of alkyl halides is 1. The summed E-state index contributed by atoms with van der Waals surface area (Å²) in [7, 11) is 0. The van der Waals surface area contributed by atoms with Crippen LogP contribution < -0.4 is 0 Å². The van der Waals surface area contributed by atoms with Gasteiger partial charge in [-0.2, -0.15) is 0 Å². The third kappa shape index (κ3) is 5.90. The Bertz CT molecular complexity index is 125. The Kier molecular flexibility index (Phi) is 6.73. The molecule has 1 N–H and O–H groups in total. The lowest BCUT2D eigenvalue weighted by Gasteiger charge is -2.03. The summed E-state index contributed by atoms with van der Waals surface area (Å²) in [5.74, 6) is 5.58. The van der Waals surface area contributed by atoms with E-state index in [2.05, 4.69) is 11.8 Å². The molecule has 3 heteroatoms. The van der Waals surface area contributed by atoms with Crippen LogP contribution in [0.15, 0.2) is 0 Å². The Balaban J connectivity index is 3.08. The van der Waals surface area contributed by atoms with E-state index in [1.54, 1.807) is 6.92 Å². The first-order valence-corrected chi connectivity index (χ1v) is 3.56. The Morgan fingerprint density at radius 1 is 1.70 bits per heavy atom. The first-order valence-electron chi connectivity index (χ1n) is 3.02. The monoisotopic (exact) mass is 162 g/mol. The summed E-state index contributed by atoms with van der Waals surface area (Å²) in [6, 6.07) is 0. The van der Waals surface area contributed by atoms with E-state index >= 15 is 0 Å². The van der Waals surface area contributed by atoms with Gasteiger partial charge in [0.15, 0.2) is 0 Å². The van der Waals surface area contributed by atoms with Crippen LogP contribution in [0.1, 0.15) is 6.92 Å². The van der Waals surface area contributed by atoms with Crippen LogP contribution in [0.2, 0.25) is 0 Å². The summed E-state index contributed by atoms with van der Waals surface area (Å²) in [4.78, 5) is 0. The molecule has 0 radical (unpaired) electrons. The molecule has 10 heavy (non-hydrogen) atoms. The molecule has 0 aromatic carbocycles. The minimum atomic E-state index is -0.569. The highest BCUT2D eigenvalue weighted by Gasteiger charge is 1.99. The van der Waals surface area contributed by atoms with E-state index in [9.17, 15) is 0 Å². The molecule has 2 nitrogen and oxygen atoms in total. The Hall–Kier alpha value is -0.230. The van der Waals surface area contributed by atoms with Crippen molar-refractivity contribution < 1.29 is 9.84 Å². The van der Waals surface area contributed by atoms with E-state index in [1.807, 2.05) is 0 Å². The molecule has 0 bridgehead atoms. The lowest BCUT2D eigenvalue weighted by molar-refractivity contribution is 0.0640. The third-order valence-electron chi connectivity index (χ3n) is 0.839. The van der Waals surface area contributed by atoms with Crippen molar-refractivity contribution in [3.05, 3.63) is 0 Å². The van der Waals surface area contributed by atoms with E-state index < -0.39 is 6.10 Å². The van der Waals surface area contributed by atoms with Gasteiger partial charge in [-0.05, 0) is 6.92 Å². The molecule has 0 spiro atoms. The molecule has 0 unspecified atom stereocenters.